The van der Waals surface area contributed by atoms with E-state index in [1.807, 2.05) is 48.0 Å². The Bertz CT molecular complexity index is 1590. The van der Waals surface area contributed by atoms with Gasteiger partial charge in [0.15, 0.2) is 0 Å². The van der Waals surface area contributed by atoms with Crippen molar-refractivity contribution in [1.82, 2.24) is 14.5 Å². The topological polar surface area (TPSA) is 87.5 Å². The molecular weight excluding hydrogens is 434 g/mol. The van der Waals surface area contributed by atoms with Gasteiger partial charge in [-0.15, -0.1) is 0 Å². The molecule has 1 unspecified atom stereocenters. The van der Waals surface area contributed by atoms with Gasteiger partial charge in [-0.2, -0.15) is 10.5 Å². The van der Waals surface area contributed by atoms with Crippen molar-refractivity contribution in [2.24, 2.45) is 7.05 Å². The third-order valence-electron chi connectivity index (χ3n) is 5.99. The molecule has 5 aromatic rings. The summed E-state index contributed by atoms with van der Waals surface area (Å²) in [6.45, 7) is 0.275. The molecule has 6 heteroatoms. The van der Waals surface area contributed by atoms with E-state index in [0.29, 0.717) is 11.3 Å². The van der Waals surface area contributed by atoms with E-state index in [0.717, 1.165) is 38.9 Å². The molecule has 0 radical (unpaired) electrons. The second-order valence-electron chi connectivity index (χ2n) is 8.23. The van der Waals surface area contributed by atoms with Gasteiger partial charge in [0.2, 0.25) is 0 Å². The zero-order valence-electron chi connectivity index (χ0n) is 19.1. The second kappa shape index (κ2) is 9.61. The Kier molecular flexibility index (Phi) is 6.05. The molecule has 0 spiro atoms. The highest BCUT2D eigenvalue weighted by Crippen LogP contribution is 2.31. The number of aromatic nitrogens is 3. The molecule has 0 aliphatic rings. The number of aryl methyl sites for hydroxylation is 1. The highest BCUT2D eigenvalue weighted by atomic mass is 16.5. The highest BCUT2D eigenvalue weighted by molar-refractivity contribution is 5.87. The Morgan fingerprint density at radius 1 is 0.914 bits per heavy atom. The van der Waals surface area contributed by atoms with E-state index in [1.165, 1.54) is 0 Å². The predicted molar refractivity (Wildman–Crippen MR) is 133 cm³/mol. The number of nitrogens with zero attached hydrogens (tertiary/aromatic N) is 5. The van der Waals surface area contributed by atoms with Gasteiger partial charge in [0.25, 0.3) is 0 Å². The van der Waals surface area contributed by atoms with Crippen LogP contribution in [0.1, 0.15) is 34.2 Å². The average Bonchev–Trinajstić information content (AvgIpc) is 3.34. The molecule has 2 aromatic heterocycles. The minimum Gasteiger partial charge on any atom is -0.362 e. The van der Waals surface area contributed by atoms with Gasteiger partial charge in [0, 0.05) is 18.2 Å². The molecule has 0 bridgehead atoms. The van der Waals surface area contributed by atoms with Crippen molar-refractivity contribution in [1.29, 1.82) is 10.5 Å². The summed E-state index contributed by atoms with van der Waals surface area (Å²) in [6, 6.07) is 29.6. The summed E-state index contributed by atoms with van der Waals surface area (Å²) in [5.41, 5.74) is 5.28. The zero-order chi connectivity index (χ0) is 24.2. The number of imidazole rings is 1. The van der Waals surface area contributed by atoms with Gasteiger partial charge >= 0.3 is 0 Å². The molecule has 0 fully saturated rings. The molecule has 6 nitrogen and oxygen atoms in total. The summed E-state index contributed by atoms with van der Waals surface area (Å²) in [5, 5.41) is 20.9. The Labute approximate surface area is 203 Å². The molecule has 2 heterocycles. The van der Waals surface area contributed by atoms with E-state index in [2.05, 4.69) is 46.4 Å². The quantitative estimate of drug-likeness (QED) is 0.328. The molecule has 0 N–H and O–H groups in total. The van der Waals surface area contributed by atoms with Crippen LogP contribution in [0, 0.1) is 22.7 Å². The normalized spacial score (nSPS) is 11.6. The number of nitriles is 2. The smallest absolute Gasteiger partial charge is 0.141 e. The molecule has 0 amide bonds. The lowest BCUT2D eigenvalue weighted by Gasteiger charge is -2.20. The van der Waals surface area contributed by atoms with Crippen LogP contribution >= 0.6 is 0 Å². The number of ether oxygens (including phenoxy) is 1. The number of benzene rings is 3. The molecule has 35 heavy (non-hydrogen) atoms. The SMILES string of the molecule is Cn1cncc1C(OCc1ccc(C#N)nc1-c1ccc2ccccc2c1)c1ccc(C#N)cc1. The maximum absolute atomic E-state index is 9.46. The average molecular weight is 456 g/mol. The first-order chi connectivity index (χ1) is 17.2. The minimum absolute atomic E-state index is 0.275. The first-order valence-electron chi connectivity index (χ1n) is 11.1. The van der Waals surface area contributed by atoms with E-state index in [1.54, 1.807) is 30.7 Å². The lowest BCUT2D eigenvalue weighted by Crippen LogP contribution is -2.11. The summed E-state index contributed by atoms with van der Waals surface area (Å²) >= 11 is 0. The van der Waals surface area contributed by atoms with Gasteiger partial charge in [0.1, 0.15) is 17.9 Å². The Morgan fingerprint density at radius 3 is 2.43 bits per heavy atom. The van der Waals surface area contributed by atoms with Gasteiger partial charge in [-0.25, -0.2) is 9.97 Å². The van der Waals surface area contributed by atoms with Crippen molar-refractivity contribution in [3.05, 3.63) is 119 Å². The molecule has 168 valence electrons. The predicted octanol–water partition coefficient (Wildman–Crippen LogP) is 5.68. The van der Waals surface area contributed by atoms with Crippen molar-refractivity contribution >= 4 is 10.8 Å². The van der Waals surface area contributed by atoms with Crippen LogP contribution in [-0.2, 0) is 18.4 Å². The van der Waals surface area contributed by atoms with Gasteiger partial charge in [0.05, 0.1) is 42.2 Å². The number of hydrogen-bond acceptors (Lipinski definition) is 5. The molecular formula is C29H21N5O. The van der Waals surface area contributed by atoms with Crippen LogP contribution in [0.2, 0.25) is 0 Å². The summed E-state index contributed by atoms with van der Waals surface area (Å²) in [5.74, 6) is 0. The third-order valence-corrected chi connectivity index (χ3v) is 5.99. The highest BCUT2D eigenvalue weighted by Gasteiger charge is 2.20. The van der Waals surface area contributed by atoms with Crippen LogP contribution in [0.15, 0.2) is 91.4 Å². The van der Waals surface area contributed by atoms with Gasteiger partial charge < -0.3 is 9.30 Å². The molecule has 0 saturated heterocycles. The van der Waals surface area contributed by atoms with Gasteiger partial charge in [-0.1, -0.05) is 54.6 Å². The lowest BCUT2D eigenvalue weighted by atomic mass is 10.0. The molecule has 0 aliphatic carbocycles. The fourth-order valence-electron chi connectivity index (χ4n) is 4.13. The number of pyridine rings is 1. The first-order valence-corrected chi connectivity index (χ1v) is 11.1. The number of hydrogen-bond donors (Lipinski definition) is 0. The van der Waals surface area contributed by atoms with Crippen LogP contribution in [0.4, 0.5) is 0 Å². The van der Waals surface area contributed by atoms with Crippen molar-refractivity contribution in [2.75, 3.05) is 0 Å². The summed E-state index contributed by atoms with van der Waals surface area (Å²) in [4.78, 5) is 8.88. The van der Waals surface area contributed by atoms with E-state index in [4.69, 9.17) is 10.00 Å². The Morgan fingerprint density at radius 2 is 1.71 bits per heavy atom. The second-order valence-corrected chi connectivity index (χ2v) is 8.23. The fourth-order valence-corrected chi connectivity index (χ4v) is 4.13. The Hall–Kier alpha value is -4.78. The summed E-state index contributed by atoms with van der Waals surface area (Å²) < 4.78 is 8.39. The molecule has 1 atom stereocenters. The van der Waals surface area contributed by atoms with Crippen LogP contribution in [0.5, 0.6) is 0 Å². The van der Waals surface area contributed by atoms with Crippen molar-refractivity contribution in [2.45, 2.75) is 12.7 Å². The molecule has 3 aromatic carbocycles. The lowest BCUT2D eigenvalue weighted by molar-refractivity contribution is 0.0623. The van der Waals surface area contributed by atoms with Crippen LogP contribution in [0.3, 0.4) is 0 Å². The maximum atomic E-state index is 9.46. The van der Waals surface area contributed by atoms with Gasteiger partial charge in [-0.3, -0.25) is 0 Å². The monoisotopic (exact) mass is 455 g/mol. The summed E-state index contributed by atoms with van der Waals surface area (Å²) in [6.07, 6.45) is 3.12. The Balaban J connectivity index is 1.52. The van der Waals surface area contributed by atoms with Crippen molar-refractivity contribution < 1.29 is 4.74 Å². The van der Waals surface area contributed by atoms with Crippen LogP contribution in [-0.4, -0.2) is 14.5 Å². The van der Waals surface area contributed by atoms with E-state index >= 15 is 0 Å². The van der Waals surface area contributed by atoms with Crippen LogP contribution in [0.25, 0.3) is 22.0 Å². The number of rotatable bonds is 6. The largest absolute Gasteiger partial charge is 0.362 e. The minimum atomic E-state index is -0.393. The van der Waals surface area contributed by atoms with Crippen LogP contribution < -0.4 is 0 Å². The van der Waals surface area contributed by atoms with Crippen molar-refractivity contribution in [3.8, 4) is 23.4 Å². The van der Waals surface area contributed by atoms with E-state index in [-0.39, 0.29) is 6.61 Å². The number of fused-ring (bicyclic) bond motifs is 1. The molecule has 5 rings (SSSR count). The first kappa shape index (κ1) is 22.0. The maximum Gasteiger partial charge on any atom is 0.141 e. The van der Waals surface area contributed by atoms with Gasteiger partial charge in [-0.05, 0) is 40.6 Å². The third kappa shape index (κ3) is 4.52. The van der Waals surface area contributed by atoms with E-state index < -0.39 is 6.10 Å². The fraction of sp³-hybridized carbons (Fsp3) is 0.103. The van der Waals surface area contributed by atoms with Crippen molar-refractivity contribution in [3.63, 3.8) is 0 Å². The van der Waals surface area contributed by atoms with E-state index in [9.17, 15) is 5.26 Å². The molecule has 0 saturated carbocycles. The summed E-state index contributed by atoms with van der Waals surface area (Å²) in [7, 11) is 1.92. The zero-order valence-corrected chi connectivity index (χ0v) is 19.1. The molecule has 0 aliphatic heterocycles. The standard InChI is InChI=1S/C29H21N5O/c1-34-19-32-17-27(34)29(22-8-6-20(15-30)7-9-22)35-18-25-12-13-26(16-31)33-28(25)24-11-10-21-4-2-3-5-23(21)14-24/h2-14,17,19,29H,18H2,1H3.